The molecule has 3 nitrogen and oxygen atoms in total. The summed E-state index contributed by atoms with van der Waals surface area (Å²) in [7, 11) is 1.43. The van der Waals surface area contributed by atoms with Crippen LogP contribution in [-0.4, -0.2) is 18.4 Å². The number of nitrogens with zero attached hydrogens (tertiary/aromatic N) is 1. The Balaban J connectivity index is 2.97. The minimum absolute atomic E-state index is 0.125. The van der Waals surface area contributed by atoms with Crippen molar-refractivity contribution in [3.63, 3.8) is 0 Å². The van der Waals surface area contributed by atoms with Crippen LogP contribution in [0.5, 0.6) is 5.75 Å². The van der Waals surface area contributed by atoms with Crippen molar-refractivity contribution in [1.82, 2.24) is 0 Å². The molecule has 0 amide bonds. The minimum Gasteiger partial charge on any atom is -0.507 e. The molecule has 1 rings (SSSR count). The molecule has 0 aliphatic rings. The van der Waals surface area contributed by atoms with Crippen molar-refractivity contribution in [1.29, 1.82) is 0 Å². The molecule has 0 saturated carbocycles. The van der Waals surface area contributed by atoms with Crippen LogP contribution in [0, 0.1) is 0 Å². The fraction of sp³-hybridized carbons (Fsp3) is 0.125. The second-order valence-corrected chi connectivity index (χ2v) is 2.56. The quantitative estimate of drug-likeness (QED) is 0.566. The van der Waals surface area contributed by atoms with Crippen LogP contribution in [0.3, 0.4) is 0 Å². The van der Waals surface area contributed by atoms with E-state index >= 15 is 0 Å². The molecule has 12 heavy (non-hydrogen) atoms. The summed E-state index contributed by atoms with van der Waals surface area (Å²) in [5.41, 5.74) is 0.532. The van der Waals surface area contributed by atoms with Gasteiger partial charge in [0.05, 0.1) is 6.21 Å². The van der Waals surface area contributed by atoms with Crippen LogP contribution in [0.25, 0.3) is 0 Å². The molecule has 64 valence electrons. The number of halogens is 1. The van der Waals surface area contributed by atoms with Crippen molar-refractivity contribution in [3.8, 4) is 5.75 Å². The molecule has 1 aromatic rings. The average Bonchev–Trinajstić information content (AvgIpc) is 2.07. The zero-order chi connectivity index (χ0) is 8.97. The van der Waals surface area contributed by atoms with Gasteiger partial charge in [0.1, 0.15) is 12.9 Å². The monoisotopic (exact) mass is 185 g/mol. The van der Waals surface area contributed by atoms with Crippen molar-refractivity contribution >= 4 is 17.8 Å². The Morgan fingerprint density at radius 3 is 3.00 bits per heavy atom. The molecule has 0 aliphatic carbocycles. The number of hydrogen-bond acceptors (Lipinski definition) is 3. The number of hydrogen-bond donors (Lipinski definition) is 1. The maximum Gasteiger partial charge on any atom is 0.124 e. The van der Waals surface area contributed by atoms with Gasteiger partial charge in [-0.15, -0.1) is 0 Å². The third kappa shape index (κ3) is 2.13. The Hall–Kier alpha value is -1.22. The molecular weight excluding hydrogens is 178 g/mol. The first kappa shape index (κ1) is 8.87. The fourth-order valence-electron chi connectivity index (χ4n) is 0.738. The topological polar surface area (TPSA) is 41.8 Å². The highest BCUT2D eigenvalue weighted by Crippen LogP contribution is 2.19. The smallest absolute Gasteiger partial charge is 0.124 e. The van der Waals surface area contributed by atoms with Crippen molar-refractivity contribution < 1.29 is 9.94 Å². The Morgan fingerprint density at radius 1 is 1.58 bits per heavy atom. The highest BCUT2D eigenvalue weighted by atomic mass is 35.5. The van der Waals surface area contributed by atoms with Crippen LogP contribution < -0.4 is 0 Å². The highest BCUT2D eigenvalue weighted by molar-refractivity contribution is 6.30. The van der Waals surface area contributed by atoms with E-state index in [2.05, 4.69) is 9.99 Å². The number of rotatable bonds is 2. The second-order valence-electron chi connectivity index (χ2n) is 2.12. The lowest BCUT2D eigenvalue weighted by atomic mass is 10.2. The van der Waals surface area contributed by atoms with E-state index < -0.39 is 0 Å². The molecule has 0 unspecified atom stereocenters. The first-order valence-electron chi connectivity index (χ1n) is 3.29. The largest absolute Gasteiger partial charge is 0.507 e. The number of phenols is 1. The molecule has 0 atom stereocenters. The first-order chi connectivity index (χ1) is 5.74. The third-order valence-corrected chi connectivity index (χ3v) is 1.52. The van der Waals surface area contributed by atoms with Crippen molar-refractivity contribution in [3.05, 3.63) is 28.8 Å². The molecule has 0 fully saturated rings. The molecule has 0 radical (unpaired) electrons. The van der Waals surface area contributed by atoms with Gasteiger partial charge in [-0.2, -0.15) is 0 Å². The SMILES string of the molecule is CON=Cc1cc(Cl)ccc1O. The molecule has 0 aliphatic heterocycles. The summed E-state index contributed by atoms with van der Waals surface area (Å²) in [6, 6.07) is 4.69. The van der Waals surface area contributed by atoms with E-state index in [9.17, 15) is 5.11 Å². The molecule has 0 spiro atoms. The lowest BCUT2D eigenvalue weighted by Gasteiger charge is -1.97. The second kappa shape index (κ2) is 3.97. The van der Waals surface area contributed by atoms with E-state index in [-0.39, 0.29) is 5.75 Å². The zero-order valence-electron chi connectivity index (χ0n) is 6.49. The Bertz CT molecular complexity index is 299. The van der Waals surface area contributed by atoms with Crippen LogP contribution in [0.2, 0.25) is 5.02 Å². The van der Waals surface area contributed by atoms with Crippen LogP contribution in [-0.2, 0) is 4.84 Å². The molecule has 0 bridgehead atoms. The van der Waals surface area contributed by atoms with Gasteiger partial charge in [0.25, 0.3) is 0 Å². The van der Waals surface area contributed by atoms with Crippen LogP contribution >= 0.6 is 11.6 Å². The zero-order valence-corrected chi connectivity index (χ0v) is 7.25. The van der Waals surface area contributed by atoms with Gasteiger partial charge >= 0.3 is 0 Å². The van der Waals surface area contributed by atoms with Crippen molar-refractivity contribution in [2.45, 2.75) is 0 Å². The molecule has 0 aromatic heterocycles. The maximum atomic E-state index is 9.26. The summed E-state index contributed by atoms with van der Waals surface area (Å²) in [4.78, 5) is 4.46. The molecule has 0 saturated heterocycles. The lowest BCUT2D eigenvalue weighted by Crippen LogP contribution is -1.82. The summed E-state index contributed by atoms with van der Waals surface area (Å²) >= 11 is 5.68. The Morgan fingerprint density at radius 2 is 2.33 bits per heavy atom. The summed E-state index contributed by atoms with van der Waals surface area (Å²) in [5, 5.41) is 13.3. The minimum atomic E-state index is 0.125. The Kier molecular flexibility index (Phi) is 2.94. The molecule has 1 N–H and O–H groups in total. The normalized spacial score (nSPS) is 10.5. The van der Waals surface area contributed by atoms with Gasteiger partial charge in [-0.3, -0.25) is 0 Å². The van der Waals surface area contributed by atoms with Crippen molar-refractivity contribution in [2.75, 3.05) is 7.11 Å². The van der Waals surface area contributed by atoms with Gasteiger partial charge in [-0.1, -0.05) is 16.8 Å². The van der Waals surface area contributed by atoms with E-state index in [1.165, 1.54) is 19.4 Å². The van der Waals surface area contributed by atoms with Crippen molar-refractivity contribution in [2.24, 2.45) is 5.16 Å². The number of benzene rings is 1. The summed E-state index contributed by atoms with van der Waals surface area (Å²) < 4.78 is 0. The molecular formula is C8H8ClNO2. The first-order valence-corrected chi connectivity index (χ1v) is 3.67. The fourth-order valence-corrected chi connectivity index (χ4v) is 0.919. The molecule has 4 heteroatoms. The van der Waals surface area contributed by atoms with E-state index in [1.807, 2.05) is 0 Å². The van der Waals surface area contributed by atoms with Crippen LogP contribution in [0.4, 0.5) is 0 Å². The highest BCUT2D eigenvalue weighted by Gasteiger charge is 1.97. The Labute approximate surface area is 75.2 Å². The number of aromatic hydroxyl groups is 1. The predicted octanol–water partition coefficient (Wildman–Crippen LogP) is 2.03. The van der Waals surface area contributed by atoms with Gasteiger partial charge in [-0.05, 0) is 18.2 Å². The van der Waals surface area contributed by atoms with E-state index in [0.717, 1.165) is 0 Å². The van der Waals surface area contributed by atoms with Crippen LogP contribution in [0.15, 0.2) is 23.4 Å². The van der Waals surface area contributed by atoms with Crippen LogP contribution in [0.1, 0.15) is 5.56 Å². The number of phenolic OH excluding ortho intramolecular Hbond substituents is 1. The standard InChI is InChI=1S/C8H8ClNO2/c1-12-10-5-6-4-7(9)2-3-8(6)11/h2-5,11H,1H3. The van der Waals surface area contributed by atoms with Gasteiger partial charge in [0.2, 0.25) is 0 Å². The summed E-state index contributed by atoms with van der Waals surface area (Å²) in [6.45, 7) is 0. The van der Waals surface area contributed by atoms with E-state index in [4.69, 9.17) is 11.6 Å². The van der Waals surface area contributed by atoms with E-state index in [0.29, 0.717) is 10.6 Å². The summed E-state index contributed by atoms with van der Waals surface area (Å²) in [6.07, 6.45) is 1.39. The summed E-state index contributed by atoms with van der Waals surface area (Å²) in [5.74, 6) is 0.125. The van der Waals surface area contributed by atoms with Gasteiger partial charge < -0.3 is 9.94 Å². The molecule has 0 heterocycles. The lowest BCUT2D eigenvalue weighted by molar-refractivity contribution is 0.215. The predicted molar refractivity (Wildman–Crippen MR) is 47.7 cm³/mol. The maximum absolute atomic E-state index is 9.26. The van der Waals surface area contributed by atoms with Gasteiger partial charge in [0.15, 0.2) is 0 Å². The molecule has 1 aromatic carbocycles. The van der Waals surface area contributed by atoms with Gasteiger partial charge in [0, 0.05) is 10.6 Å². The average molecular weight is 186 g/mol. The third-order valence-electron chi connectivity index (χ3n) is 1.29. The van der Waals surface area contributed by atoms with E-state index in [1.54, 1.807) is 12.1 Å². The number of oxime groups is 1. The van der Waals surface area contributed by atoms with Gasteiger partial charge in [-0.25, -0.2) is 0 Å².